The lowest BCUT2D eigenvalue weighted by Gasteiger charge is -2.38. The van der Waals surface area contributed by atoms with E-state index in [9.17, 15) is 14.7 Å². The van der Waals surface area contributed by atoms with Crippen molar-refractivity contribution < 1.29 is 19.4 Å². The second-order valence-corrected chi connectivity index (χ2v) is 6.67. The molecule has 2 aromatic carbocycles. The van der Waals surface area contributed by atoms with E-state index in [4.69, 9.17) is 4.74 Å². The summed E-state index contributed by atoms with van der Waals surface area (Å²) >= 11 is 0. The van der Waals surface area contributed by atoms with Crippen molar-refractivity contribution in [1.82, 2.24) is 5.32 Å². The van der Waals surface area contributed by atoms with E-state index in [1.54, 1.807) is 18.2 Å². The minimum absolute atomic E-state index is 0.0594. The molecule has 0 aliphatic carbocycles. The van der Waals surface area contributed by atoms with Crippen LogP contribution in [0.15, 0.2) is 54.6 Å². The molecule has 1 heterocycles. The predicted octanol–water partition coefficient (Wildman–Crippen LogP) is 2.79. The van der Waals surface area contributed by atoms with Crippen LogP contribution < -0.4 is 5.32 Å². The van der Waals surface area contributed by atoms with Gasteiger partial charge in [-0.05, 0) is 30.0 Å². The number of hydrogen-bond donors (Lipinski definition) is 2. The molecule has 136 valence electrons. The van der Waals surface area contributed by atoms with E-state index < -0.39 is 5.97 Å². The SMILES string of the molecule is O=C(Cc1ccccc1C(=O)O)NCC1(c2ccccc2)CCOCC1. The number of rotatable bonds is 6. The van der Waals surface area contributed by atoms with E-state index in [0.29, 0.717) is 25.3 Å². The van der Waals surface area contributed by atoms with Crippen molar-refractivity contribution >= 4 is 11.9 Å². The first-order valence-electron chi connectivity index (χ1n) is 8.82. The molecule has 0 radical (unpaired) electrons. The van der Waals surface area contributed by atoms with Gasteiger partial charge in [0.1, 0.15) is 0 Å². The number of carbonyl (C=O) groups excluding carboxylic acids is 1. The molecule has 5 nitrogen and oxygen atoms in total. The van der Waals surface area contributed by atoms with Crippen molar-refractivity contribution in [3.8, 4) is 0 Å². The highest BCUT2D eigenvalue weighted by molar-refractivity contribution is 5.91. The molecular formula is C21H23NO4. The quantitative estimate of drug-likeness (QED) is 0.837. The summed E-state index contributed by atoms with van der Waals surface area (Å²) in [5.41, 5.74) is 1.76. The van der Waals surface area contributed by atoms with Gasteiger partial charge in [-0.2, -0.15) is 0 Å². The maximum atomic E-state index is 12.5. The van der Waals surface area contributed by atoms with Crippen LogP contribution in [0.1, 0.15) is 34.3 Å². The van der Waals surface area contributed by atoms with Crippen molar-refractivity contribution in [2.75, 3.05) is 19.8 Å². The number of aromatic carboxylic acids is 1. The van der Waals surface area contributed by atoms with Gasteiger partial charge in [0.05, 0.1) is 12.0 Å². The van der Waals surface area contributed by atoms with Crippen LogP contribution >= 0.6 is 0 Å². The van der Waals surface area contributed by atoms with Gasteiger partial charge in [-0.3, -0.25) is 4.79 Å². The predicted molar refractivity (Wildman–Crippen MR) is 98.3 cm³/mol. The van der Waals surface area contributed by atoms with Gasteiger partial charge in [0.15, 0.2) is 0 Å². The number of hydrogen-bond acceptors (Lipinski definition) is 3. The van der Waals surface area contributed by atoms with Crippen LogP contribution in [-0.2, 0) is 21.4 Å². The van der Waals surface area contributed by atoms with Crippen molar-refractivity contribution in [3.63, 3.8) is 0 Å². The normalized spacial score (nSPS) is 16.0. The Bertz CT molecular complexity index is 767. The molecule has 1 aliphatic rings. The number of amides is 1. The molecule has 1 amide bonds. The molecule has 0 aromatic heterocycles. The van der Waals surface area contributed by atoms with E-state index in [-0.39, 0.29) is 23.3 Å². The number of nitrogens with one attached hydrogen (secondary N) is 1. The topological polar surface area (TPSA) is 75.6 Å². The minimum Gasteiger partial charge on any atom is -0.478 e. The van der Waals surface area contributed by atoms with Crippen LogP contribution in [0, 0.1) is 0 Å². The summed E-state index contributed by atoms with van der Waals surface area (Å²) in [5, 5.41) is 12.3. The molecule has 0 spiro atoms. The Morgan fingerprint density at radius 3 is 2.35 bits per heavy atom. The van der Waals surface area contributed by atoms with Crippen molar-refractivity contribution in [2.24, 2.45) is 0 Å². The third kappa shape index (κ3) is 4.11. The standard InChI is InChI=1S/C21H23NO4/c23-19(14-16-6-4-5-9-18(16)20(24)25)22-15-21(10-12-26-13-11-21)17-7-2-1-3-8-17/h1-9H,10-15H2,(H,22,23)(H,24,25). The Hall–Kier alpha value is -2.66. The van der Waals surface area contributed by atoms with Crippen molar-refractivity contribution in [1.29, 1.82) is 0 Å². The molecular weight excluding hydrogens is 330 g/mol. The van der Waals surface area contributed by atoms with E-state index in [2.05, 4.69) is 17.4 Å². The van der Waals surface area contributed by atoms with Gasteiger partial charge < -0.3 is 15.2 Å². The first kappa shape index (κ1) is 18.1. The summed E-state index contributed by atoms with van der Waals surface area (Å²) in [4.78, 5) is 23.8. The highest BCUT2D eigenvalue weighted by Crippen LogP contribution is 2.34. The largest absolute Gasteiger partial charge is 0.478 e. The van der Waals surface area contributed by atoms with Gasteiger partial charge >= 0.3 is 5.97 Å². The van der Waals surface area contributed by atoms with Crippen LogP contribution in [0.5, 0.6) is 0 Å². The summed E-state index contributed by atoms with van der Waals surface area (Å²) in [6.07, 6.45) is 1.76. The molecule has 0 atom stereocenters. The number of benzene rings is 2. The third-order valence-electron chi connectivity index (χ3n) is 5.06. The monoisotopic (exact) mass is 353 g/mol. The molecule has 0 unspecified atom stereocenters. The van der Waals surface area contributed by atoms with Gasteiger partial charge in [0.2, 0.25) is 5.91 Å². The highest BCUT2D eigenvalue weighted by atomic mass is 16.5. The van der Waals surface area contributed by atoms with Crippen LogP contribution in [0.2, 0.25) is 0 Å². The molecule has 0 bridgehead atoms. The van der Waals surface area contributed by atoms with Gasteiger partial charge in [0.25, 0.3) is 0 Å². The van der Waals surface area contributed by atoms with Crippen LogP contribution in [0.25, 0.3) is 0 Å². The number of ether oxygens (including phenoxy) is 1. The summed E-state index contributed by atoms with van der Waals surface area (Å²) in [5.74, 6) is -1.18. The zero-order chi connectivity index (χ0) is 18.4. The Morgan fingerprint density at radius 1 is 1.00 bits per heavy atom. The van der Waals surface area contributed by atoms with Crippen LogP contribution in [0.3, 0.4) is 0 Å². The maximum Gasteiger partial charge on any atom is 0.335 e. The van der Waals surface area contributed by atoms with Crippen molar-refractivity contribution in [3.05, 3.63) is 71.3 Å². The second kappa shape index (κ2) is 8.15. The fourth-order valence-corrected chi connectivity index (χ4v) is 3.51. The van der Waals surface area contributed by atoms with Crippen LogP contribution in [-0.4, -0.2) is 36.7 Å². The van der Waals surface area contributed by atoms with Gasteiger partial charge in [-0.15, -0.1) is 0 Å². The Balaban J connectivity index is 1.70. The lowest BCUT2D eigenvalue weighted by atomic mass is 9.74. The first-order chi connectivity index (χ1) is 12.6. The summed E-state index contributed by atoms with van der Waals surface area (Å²) < 4.78 is 5.51. The molecule has 1 fully saturated rings. The molecule has 1 aliphatic heterocycles. The average molecular weight is 353 g/mol. The van der Waals surface area contributed by atoms with E-state index in [1.165, 1.54) is 11.6 Å². The maximum absolute atomic E-state index is 12.5. The van der Waals surface area contributed by atoms with Gasteiger partial charge in [0, 0.05) is 25.2 Å². The number of carboxylic acids is 1. The molecule has 0 saturated carbocycles. The lowest BCUT2D eigenvalue weighted by molar-refractivity contribution is -0.120. The minimum atomic E-state index is -1.02. The first-order valence-corrected chi connectivity index (χ1v) is 8.82. The lowest BCUT2D eigenvalue weighted by Crippen LogP contribution is -2.45. The Labute approximate surface area is 153 Å². The second-order valence-electron chi connectivity index (χ2n) is 6.67. The zero-order valence-electron chi connectivity index (χ0n) is 14.6. The number of carboxylic acid groups (broad SMARTS) is 1. The van der Waals surface area contributed by atoms with E-state index in [0.717, 1.165) is 12.8 Å². The molecule has 26 heavy (non-hydrogen) atoms. The zero-order valence-corrected chi connectivity index (χ0v) is 14.6. The average Bonchev–Trinajstić information content (AvgIpc) is 2.68. The van der Waals surface area contributed by atoms with Gasteiger partial charge in [-0.25, -0.2) is 4.79 Å². The fraction of sp³-hybridized carbons (Fsp3) is 0.333. The third-order valence-corrected chi connectivity index (χ3v) is 5.06. The molecule has 5 heteroatoms. The molecule has 2 aromatic rings. The Kier molecular flexibility index (Phi) is 5.68. The molecule has 1 saturated heterocycles. The molecule has 3 rings (SSSR count). The van der Waals surface area contributed by atoms with E-state index in [1.807, 2.05) is 18.2 Å². The smallest absolute Gasteiger partial charge is 0.335 e. The summed E-state index contributed by atoms with van der Waals surface area (Å²) in [6, 6.07) is 16.8. The summed E-state index contributed by atoms with van der Waals surface area (Å²) in [7, 11) is 0. The number of carbonyl (C=O) groups is 2. The highest BCUT2D eigenvalue weighted by Gasteiger charge is 2.34. The van der Waals surface area contributed by atoms with E-state index >= 15 is 0 Å². The van der Waals surface area contributed by atoms with Crippen LogP contribution in [0.4, 0.5) is 0 Å². The van der Waals surface area contributed by atoms with Crippen molar-refractivity contribution in [2.45, 2.75) is 24.7 Å². The van der Waals surface area contributed by atoms with Gasteiger partial charge in [-0.1, -0.05) is 48.5 Å². The fourth-order valence-electron chi connectivity index (χ4n) is 3.51. The summed E-state index contributed by atoms with van der Waals surface area (Å²) in [6.45, 7) is 1.87. The Morgan fingerprint density at radius 2 is 1.65 bits per heavy atom. The molecule has 2 N–H and O–H groups in total.